The molecule has 9 heavy (non-hydrogen) atoms. The van der Waals surface area contributed by atoms with E-state index in [0.29, 0.717) is 5.92 Å². The molecule has 1 nitrogen and oxygen atoms in total. The summed E-state index contributed by atoms with van der Waals surface area (Å²) in [5.41, 5.74) is 1.00. The van der Waals surface area contributed by atoms with E-state index in [4.69, 9.17) is 5.11 Å². The van der Waals surface area contributed by atoms with Crippen LogP contribution in [-0.4, -0.2) is 11.7 Å². The Morgan fingerprint density at radius 1 is 1.78 bits per heavy atom. The van der Waals surface area contributed by atoms with Crippen LogP contribution in [0.4, 0.5) is 0 Å². The van der Waals surface area contributed by atoms with Crippen LogP contribution in [-0.2, 0) is 0 Å². The third-order valence-electron chi connectivity index (χ3n) is 1.46. The largest absolute Gasteiger partial charge is 0.396 e. The Labute approximate surface area is 56.7 Å². The van der Waals surface area contributed by atoms with E-state index in [0.717, 1.165) is 12.0 Å². The lowest BCUT2D eigenvalue weighted by atomic mass is 10.00. The molecular formula is C8H14O. The van der Waals surface area contributed by atoms with Gasteiger partial charge in [-0.2, -0.15) is 0 Å². The highest BCUT2D eigenvalue weighted by atomic mass is 16.3. The van der Waals surface area contributed by atoms with Crippen LogP contribution in [0.25, 0.3) is 0 Å². The van der Waals surface area contributed by atoms with Crippen LogP contribution in [0.3, 0.4) is 0 Å². The minimum Gasteiger partial charge on any atom is -0.396 e. The maximum atomic E-state index is 8.51. The van der Waals surface area contributed by atoms with Crippen molar-refractivity contribution in [2.24, 2.45) is 5.92 Å². The van der Waals surface area contributed by atoms with Gasteiger partial charge in [-0.15, -0.1) is 0 Å². The van der Waals surface area contributed by atoms with E-state index in [1.165, 1.54) is 0 Å². The van der Waals surface area contributed by atoms with Crippen molar-refractivity contribution in [3.05, 3.63) is 24.8 Å². The highest BCUT2D eigenvalue weighted by Gasteiger charge is 2.00. The first kappa shape index (κ1) is 8.44. The van der Waals surface area contributed by atoms with Gasteiger partial charge < -0.3 is 5.11 Å². The predicted molar refractivity (Wildman–Crippen MR) is 40.2 cm³/mol. The van der Waals surface area contributed by atoms with Gasteiger partial charge in [-0.25, -0.2) is 0 Å². The molecule has 0 aliphatic carbocycles. The normalized spacial score (nSPS) is 12.7. The predicted octanol–water partition coefficient (Wildman–Crippen LogP) is 1.75. The first-order valence-corrected chi connectivity index (χ1v) is 3.14. The number of hydrogen-bond acceptors (Lipinski definition) is 1. The smallest absolute Gasteiger partial charge is 0.0436 e. The van der Waals surface area contributed by atoms with Crippen LogP contribution in [0.1, 0.15) is 13.3 Å². The van der Waals surface area contributed by atoms with Crippen molar-refractivity contribution in [3.8, 4) is 0 Å². The molecule has 52 valence electrons. The standard InChI is InChI=1S/C8H14O/c1-4-7(2)8(3)5-6-9/h4,8-9H,1-2,5-6H2,3H3. The van der Waals surface area contributed by atoms with Crippen molar-refractivity contribution in [3.63, 3.8) is 0 Å². The molecule has 0 aromatic heterocycles. The van der Waals surface area contributed by atoms with Gasteiger partial charge in [-0.05, 0) is 12.3 Å². The fourth-order valence-corrected chi connectivity index (χ4v) is 0.580. The molecule has 0 aromatic rings. The van der Waals surface area contributed by atoms with E-state index in [9.17, 15) is 0 Å². The van der Waals surface area contributed by atoms with Crippen LogP contribution in [0, 0.1) is 5.92 Å². The molecule has 0 radical (unpaired) electrons. The monoisotopic (exact) mass is 126 g/mol. The number of hydrogen-bond donors (Lipinski definition) is 1. The Bertz CT molecular complexity index is 105. The third kappa shape index (κ3) is 3.09. The minimum atomic E-state index is 0.230. The maximum absolute atomic E-state index is 8.51. The van der Waals surface area contributed by atoms with Gasteiger partial charge in [-0.1, -0.05) is 31.7 Å². The van der Waals surface area contributed by atoms with Crippen LogP contribution < -0.4 is 0 Å². The number of aliphatic hydroxyl groups excluding tert-OH is 1. The Morgan fingerprint density at radius 2 is 2.33 bits per heavy atom. The summed E-state index contributed by atoms with van der Waals surface area (Å²) in [7, 11) is 0. The SMILES string of the molecule is C=CC(=C)C(C)CCO. The second-order valence-electron chi connectivity index (χ2n) is 2.19. The van der Waals surface area contributed by atoms with E-state index < -0.39 is 0 Å². The highest BCUT2D eigenvalue weighted by Crippen LogP contribution is 2.11. The molecule has 1 N–H and O–H groups in total. The van der Waals surface area contributed by atoms with Gasteiger partial charge in [-0.3, -0.25) is 0 Å². The first-order valence-electron chi connectivity index (χ1n) is 3.14. The van der Waals surface area contributed by atoms with Gasteiger partial charge in [0.1, 0.15) is 0 Å². The van der Waals surface area contributed by atoms with Crippen molar-refractivity contribution in [2.45, 2.75) is 13.3 Å². The fourth-order valence-electron chi connectivity index (χ4n) is 0.580. The molecule has 0 saturated heterocycles. The van der Waals surface area contributed by atoms with Crippen LogP contribution >= 0.6 is 0 Å². The average Bonchev–Trinajstić information content (AvgIpc) is 1.87. The molecule has 0 amide bonds. The molecule has 0 spiro atoms. The minimum absolute atomic E-state index is 0.230. The molecule has 0 bridgehead atoms. The molecule has 0 aromatic carbocycles. The average molecular weight is 126 g/mol. The van der Waals surface area contributed by atoms with Gasteiger partial charge in [0.2, 0.25) is 0 Å². The van der Waals surface area contributed by atoms with Gasteiger partial charge in [0.25, 0.3) is 0 Å². The summed E-state index contributed by atoms with van der Waals surface area (Å²) in [5.74, 6) is 0.368. The zero-order valence-corrected chi connectivity index (χ0v) is 5.93. The molecule has 1 atom stereocenters. The molecule has 1 heteroatoms. The molecule has 0 heterocycles. The van der Waals surface area contributed by atoms with Gasteiger partial charge >= 0.3 is 0 Å². The van der Waals surface area contributed by atoms with Gasteiger partial charge in [0.15, 0.2) is 0 Å². The second kappa shape index (κ2) is 4.33. The van der Waals surface area contributed by atoms with E-state index in [1.54, 1.807) is 6.08 Å². The summed E-state index contributed by atoms with van der Waals surface area (Å²) in [6.45, 7) is 9.60. The lowest BCUT2D eigenvalue weighted by Gasteiger charge is -2.07. The Kier molecular flexibility index (Phi) is 4.06. The van der Waals surface area contributed by atoms with Crippen molar-refractivity contribution in [1.82, 2.24) is 0 Å². The molecule has 0 fully saturated rings. The fraction of sp³-hybridized carbons (Fsp3) is 0.500. The zero-order valence-electron chi connectivity index (χ0n) is 5.93. The van der Waals surface area contributed by atoms with Crippen molar-refractivity contribution < 1.29 is 5.11 Å². The topological polar surface area (TPSA) is 20.2 Å². The quantitative estimate of drug-likeness (QED) is 0.569. The summed E-state index contributed by atoms with van der Waals surface area (Å²) in [4.78, 5) is 0. The van der Waals surface area contributed by atoms with Crippen molar-refractivity contribution in [1.29, 1.82) is 0 Å². The van der Waals surface area contributed by atoms with Crippen molar-refractivity contribution >= 4 is 0 Å². The Hall–Kier alpha value is -0.560. The third-order valence-corrected chi connectivity index (χ3v) is 1.46. The van der Waals surface area contributed by atoms with Gasteiger partial charge in [0, 0.05) is 6.61 Å². The van der Waals surface area contributed by atoms with E-state index >= 15 is 0 Å². The molecule has 0 saturated carbocycles. The summed E-state index contributed by atoms with van der Waals surface area (Å²) in [6.07, 6.45) is 2.52. The second-order valence-corrected chi connectivity index (χ2v) is 2.19. The van der Waals surface area contributed by atoms with Crippen LogP contribution in [0.15, 0.2) is 24.8 Å². The van der Waals surface area contributed by atoms with Crippen LogP contribution in [0.5, 0.6) is 0 Å². The Balaban J connectivity index is 3.58. The highest BCUT2D eigenvalue weighted by molar-refractivity contribution is 5.13. The maximum Gasteiger partial charge on any atom is 0.0436 e. The molecular weight excluding hydrogens is 112 g/mol. The summed E-state index contributed by atoms with van der Waals surface area (Å²) >= 11 is 0. The summed E-state index contributed by atoms with van der Waals surface area (Å²) in [6, 6.07) is 0. The lowest BCUT2D eigenvalue weighted by Crippen LogP contribution is -1.98. The lowest BCUT2D eigenvalue weighted by molar-refractivity contribution is 0.272. The summed E-state index contributed by atoms with van der Waals surface area (Å²) in [5, 5.41) is 8.51. The molecule has 0 aliphatic rings. The number of aliphatic hydroxyl groups is 1. The molecule has 0 aliphatic heterocycles. The zero-order chi connectivity index (χ0) is 7.28. The van der Waals surface area contributed by atoms with E-state index in [-0.39, 0.29) is 6.61 Å². The summed E-state index contributed by atoms with van der Waals surface area (Å²) < 4.78 is 0. The molecule has 0 rings (SSSR count). The van der Waals surface area contributed by atoms with Crippen molar-refractivity contribution in [2.75, 3.05) is 6.61 Å². The Morgan fingerprint density at radius 3 is 2.67 bits per heavy atom. The number of rotatable bonds is 4. The van der Waals surface area contributed by atoms with E-state index in [1.807, 2.05) is 6.92 Å². The van der Waals surface area contributed by atoms with Gasteiger partial charge in [0.05, 0.1) is 0 Å². The molecule has 1 unspecified atom stereocenters. The number of allylic oxidation sites excluding steroid dienone is 2. The first-order chi connectivity index (χ1) is 4.22. The van der Waals surface area contributed by atoms with Crippen LogP contribution in [0.2, 0.25) is 0 Å². The van der Waals surface area contributed by atoms with E-state index in [2.05, 4.69) is 13.2 Å².